The second-order valence-corrected chi connectivity index (χ2v) is 7.75. The summed E-state index contributed by atoms with van der Waals surface area (Å²) in [5.41, 5.74) is -0.822. The maximum Gasteiger partial charge on any atom is 0.249 e. The quantitative estimate of drug-likeness (QED) is 0.811. The summed E-state index contributed by atoms with van der Waals surface area (Å²) in [4.78, 5) is 27.6. The van der Waals surface area contributed by atoms with E-state index in [-0.39, 0.29) is 23.3 Å². The van der Waals surface area contributed by atoms with Crippen LogP contribution in [0.1, 0.15) is 72.6 Å². The van der Waals surface area contributed by atoms with Crippen LogP contribution in [0.2, 0.25) is 0 Å². The van der Waals surface area contributed by atoms with Gasteiger partial charge in [0.1, 0.15) is 11.6 Å². The normalized spacial score (nSPS) is 25.5. The Labute approximate surface area is 128 Å². The van der Waals surface area contributed by atoms with E-state index in [0.29, 0.717) is 6.54 Å². The van der Waals surface area contributed by atoms with Gasteiger partial charge in [0.25, 0.3) is 0 Å². The molecule has 0 radical (unpaired) electrons. The van der Waals surface area contributed by atoms with E-state index in [2.05, 4.69) is 12.2 Å². The van der Waals surface area contributed by atoms with Gasteiger partial charge in [0.15, 0.2) is 0 Å². The first-order valence-corrected chi connectivity index (χ1v) is 8.45. The van der Waals surface area contributed by atoms with Crippen LogP contribution < -0.4 is 5.32 Å². The van der Waals surface area contributed by atoms with Gasteiger partial charge in [-0.15, -0.1) is 0 Å². The lowest BCUT2D eigenvalue weighted by molar-refractivity contribution is -0.159. The number of carbonyl (C=O) groups is 2. The molecule has 0 aromatic heterocycles. The summed E-state index contributed by atoms with van der Waals surface area (Å²) in [6.07, 6.45) is 6.90. The van der Waals surface area contributed by atoms with Crippen LogP contribution in [0, 0.1) is 5.41 Å². The molecule has 4 nitrogen and oxygen atoms in total. The summed E-state index contributed by atoms with van der Waals surface area (Å²) in [6, 6.07) is -0.340. The van der Waals surface area contributed by atoms with Crippen LogP contribution in [0.25, 0.3) is 0 Å². The molecule has 1 atom stereocenters. The van der Waals surface area contributed by atoms with Gasteiger partial charge in [0.05, 0.1) is 0 Å². The molecule has 0 aromatic rings. The number of hydrogen-bond donors (Lipinski definition) is 1. The second kappa shape index (κ2) is 5.98. The lowest BCUT2D eigenvalue weighted by atomic mass is 9.80. The van der Waals surface area contributed by atoms with Crippen LogP contribution in [0.15, 0.2) is 0 Å². The first-order valence-electron chi connectivity index (χ1n) is 8.45. The van der Waals surface area contributed by atoms with Crippen LogP contribution in [-0.4, -0.2) is 34.8 Å². The molecule has 120 valence electrons. The van der Waals surface area contributed by atoms with Crippen LogP contribution in [0.3, 0.4) is 0 Å². The first kappa shape index (κ1) is 16.3. The molecule has 1 aliphatic heterocycles. The Bertz CT molecular complexity index is 406. The zero-order valence-corrected chi connectivity index (χ0v) is 14.0. The second-order valence-electron chi connectivity index (χ2n) is 7.75. The van der Waals surface area contributed by atoms with Crippen LogP contribution in [0.4, 0.5) is 0 Å². The number of carbonyl (C=O) groups excluding carboxylic acids is 2. The Morgan fingerprint density at radius 1 is 1.19 bits per heavy atom. The fourth-order valence-corrected chi connectivity index (χ4v) is 3.83. The maximum atomic E-state index is 13.1. The highest BCUT2D eigenvalue weighted by Gasteiger charge is 2.54. The molecule has 4 heteroatoms. The fourth-order valence-electron chi connectivity index (χ4n) is 3.83. The zero-order valence-electron chi connectivity index (χ0n) is 14.0. The van der Waals surface area contributed by atoms with Gasteiger partial charge >= 0.3 is 0 Å². The monoisotopic (exact) mass is 294 g/mol. The highest BCUT2D eigenvalue weighted by atomic mass is 16.2. The summed E-state index contributed by atoms with van der Waals surface area (Å²) in [5.74, 6) is 0.205. The first-order chi connectivity index (χ1) is 9.82. The van der Waals surface area contributed by atoms with E-state index in [9.17, 15) is 9.59 Å². The summed E-state index contributed by atoms with van der Waals surface area (Å²) in [7, 11) is 0. The molecule has 0 bridgehead atoms. The van der Waals surface area contributed by atoms with E-state index in [0.717, 1.165) is 44.9 Å². The summed E-state index contributed by atoms with van der Waals surface area (Å²) >= 11 is 0. The summed E-state index contributed by atoms with van der Waals surface area (Å²) in [6.45, 7) is 9.01. The Kier molecular flexibility index (Phi) is 4.64. The summed E-state index contributed by atoms with van der Waals surface area (Å²) < 4.78 is 0. The summed E-state index contributed by atoms with van der Waals surface area (Å²) in [5, 5.41) is 3.09. The van der Waals surface area contributed by atoms with E-state index in [1.165, 1.54) is 0 Å². The third kappa shape index (κ3) is 3.09. The average molecular weight is 294 g/mol. The molecule has 1 spiro atoms. The Morgan fingerprint density at radius 2 is 1.81 bits per heavy atom. The Morgan fingerprint density at radius 3 is 2.33 bits per heavy atom. The van der Waals surface area contributed by atoms with Crippen LogP contribution >= 0.6 is 0 Å². The largest absolute Gasteiger partial charge is 0.340 e. The maximum absolute atomic E-state index is 13.1. The highest BCUT2D eigenvalue weighted by Crippen LogP contribution is 2.38. The number of unbranched alkanes of at least 4 members (excludes halogenated alkanes) is 2. The molecule has 1 N–H and O–H groups in total. The number of amides is 2. The van der Waals surface area contributed by atoms with Crippen molar-refractivity contribution in [1.82, 2.24) is 10.2 Å². The third-order valence-electron chi connectivity index (χ3n) is 4.87. The smallest absolute Gasteiger partial charge is 0.249 e. The van der Waals surface area contributed by atoms with E-state index in [4.69, 9.17) is 0 Å². The standard InChI is InChI=1S/C17H30N2O2/c1-5-6-9-12-19-13(16(2,3)4)14(20)18-17(15(19)21)10-7-8-11-17/h13H,5-12H2,1-4H3,(H,18,20). The molecule has 2 fully saturated rings. The molecule has 0 aromatic carbocycles. The molecule has 1 heterocycles. The molecular formula is C17H30N2O2. The number of hydrogen-bond acceptors (Lipinski definition) is 2. The van der Waals surface area contributed by atoms with Crippen molar-refractivity contribution < 1.29 is 9.59 Å². The van der Waals surface area contributed by atoms with Crippen molar-refractivity contribution in [2.45, 2.75) is 84.2 Å². The van der Waals surface area contributed by atoms with E-state index in [1.54, 1.807) is 0 Å². The van der Waals surface area contributed by atoms with Gasteiger partial charge in [-0.3, -0.25) is 9.59 Å². The average Bonchev–Trinajstić information content (AvgIpc) is 2.83. The van der Waals surface area contributed by atoms with Crippen LogP contribution in [0.5, 0.6) is 0 Å². The molecular weight excluding hydrogens is 264 g/mol. The van der Waals surface area contributed by atoms with Crippen molar-refractivity contribution in [2.75, 3.05) is 6.54 Å². The number of nitrogens with zero attached hydrogens (tertiary/aromatic N) is 1. The van der Waals surface area contributed by atoms with Gasteiger partial charge in [-0.05, 0) is 24.7 Å². The molecule has 2 aliphatic rings. The predicted molar refractivity (Wildman–Crippen MR) is 83.8 cm³/mol. The van der Waals surface area contributed by atoms with Gasteiger partial charge in [0, 0.05) is 6.54 Å². The number of piperazine rings is 1. The van der Waals surface area contributed by atoms with Crippen molar-refractivity contribution in [3.63, 3.8) is 0 Å². The fraction of sp³-hybridized carbons (Fsp3) is 0.882. The van der Waals surface area contributed by atoms with E-state index < -0.39 is 5.54 Å². The van der Waals surface area contributed by atoms with Gasteiger partial charge < -0.3 is 10.2 Å². The minimum absolute atomic E-state index is 0.0421. The van der Waals surface area contributed by atoms with Crippen molar-refractivity contribution in [3.05, 3.63) is 0 Å². The minimum atomic E-state index is -0.592. The Balaban J connectivity index is 2.25. The lowest BCUT2D eigenvalue weighted by Crippen LogP contribution is -2.71. The predicted octanol–water partition coefficient (Wildman–Crippen LogP) is 2.86. The number of nitrogens with one attached hydrogen (secondary N) is 1. The van der Waals surface area contributed by atoms with Gasteiger partial charge in [-0.25, -0.2) is 0 Å². The lowest BCUT2D eigenvalue weighted by Gasteiger charge is -2.48. The van der Waals surface area contributed by atoms with Gasteiger partial charge in [-0.1, -0.05) is 53.4 Å². The zero-order chi connectivity index (χ0) is 15.7. The molecule has 1 saturated carbocycles. The molecule has 1 saturated heterocycles. The van der Waals surface area contributed by atoms with Gasteiger partial charge in [0.2, 0.25) is 11.8 Å². The van der Waals surface area contributed by atoms with Crippen molar-refractivity contribution in [2.24, 2.45) is 5.41 Å². The van der Waals surface area contributed by atoms with E-state index >= 15 is 0 Å². The van der Waals surface area contributed by atoms with Gasteiger partial charge in [-0.2, -0.15) is 0 Å². The molecule has 2 rings (SSSR count). The van der Waals surface area contributed by atoms with Crippen molar-refractivity contribution >= 4 is 11.8 Å². The van der Waals surface area contributed by atoms with Crippen molar-refractivity contribution in [1.29, 1.82) is 0 Å². The van der Waals surface area contributed by atoms with E-state index in [1.807, 2.05) is 25.7 Å². The minimum Gasteiger partial charge on any atom is -0.340 e. The van der Waals surface area contributed by atoms with Crippen LogP contribution in [-0.2, 0) is 9.59 Å². The molecule has 2 amide bonds. The third-order valence-corrected chi connectivity index (χ3v) is 4.87. The SMILES string of the molecule is CCCCCN1C(=O)C2(CCCC2)NC(=O)C1C(C)(C)C. The van der Waals surface area contributed by atoms with Crippen molar-refractivity contribution in [3.8, 4) is 0 Å². The number of rotatable bonds is 4. The molecule has 1 unspecified atom stereocenters. The highest BCUT2D eigenvalue weighted by molar-refractivity contribution is 6.00. The topological polar surface area (TPSA) is 49.4 Å². The molecule has 1 aliphatic carbocycles. The Hall–Kier alpha value is -1.06. The molecule has 21 heavy (non-hydrogen) atoms.